The van der Waals surface area contributed by atoms with E-state index in [1.807, 2.05) is 67.6 Å². The lowest BCUT2D eigenvalue weighted by molar-refractivity contribution is -0.116. The van der Waals surface area contributed by atoms with Gasteiger partial charge < -0.3 is 15.0 Å². The summed E-state index contributed by atoms with van der Waals surface area (Å²) in [4.78, 5) is 13.7. The summed E-state index contributed by atoms with van der Waals surface area (Å²) in [7, 11) is 0. The van der Waals surface area contributed by atoms with Gasteiger partial charge in [0.25, 0.3) is 0 Å². The molecule has 3 aromatic carbocycles. The van der Waals surface area contributed by atoms with Crippen LogP contribution in [0.1, 0.15) is 19.4 Å². The predicted octanol–water partition coefficient (Wildman–Crippen LogP) is 6.12. The molecule has 5 heteroatoms. The largest absolute Gasteiger partial charge is 0.455 e. The zero-order chi connectivity index (χ0) is 19.9. The number of benzene rings is 3. The van der Waals surface area contributed by atoms with Crippen LogP contribution in [0.3, 0.4) is 0 Å². The minimum atomic E-state index is 0.0291. The zero-order valence-electron chi connectivity index (χ0n) is 16.0. The number of amides is 1. The summed E-state index contributed by atoms with van der Waals surface area (Å²) in [6, 6.07) is 22.9. The first-order chi connectivity index (χ1) is 13.6. The first kappa shape index (κ1) is 19.8. The second-order valence-corrected chi connectivity index (χ2v) is 6.73. The quantitative estimate of drug-likeness (QED) is 0.525. The van der Waals surface area contributed by atoms with Crippen LogP contribution >= 0.6 is 11.6 Å². The molecule has 0 fully saturated rings. The summed E-state index contributed by atoms with van der Waals surface area (Å²) in [5.41, 5.74) is 2.83. The molecule has 0 aliphatic carbocycles. The Morgan fingerprint density at radius 1 is 1.00 bits per heavy atom. The van der Waals surface area contributed by atoms with E-state index in [1.54, 1.807) is 24.0 Å². The third-order valence-electron chi connectivity index (χ3n) is 4.38. The maximum Gasteiger partial charge on any atom is 0.223 e. The van der Waals surface area contributed by atoms with Crippen LogP contribution in [0.4, 0.5) is 11.4 Å². The van der Waals surface area contributed by atoms with E-state index in [0.717, 1.165) is 22.7 Å². The zero-order valence-corrected chi connectivity index (χ0v) is 16.7. The fourth-order valence-corrected chi connectivity index (χ4v) is 3.13. The highest BCUT2D eigenvalue weighted by molar-refractivity contribution is 6.30. The van der Waals surface area contributed by atoms with Crippen LogP contribution in [0.5, 0.6) is 11.5 Å². The van der Waals surface area contributed by atoms with Crippen LogP contribution in [-0.2, 0) is 11.3 Å². The number of anilines is 2. The van der Waals surface area contributed by atoms with Gasteiger partial charge in [-0.3, -0.25) is 4.79 Å². The Labute approximate surface area is 170 Å². The molecule has 0 heterocycles. The number of nitrogens with zero attached hydrogens (tertiary/aromatic N) is 1. The van der Waals surface area contributed by atoms with Gasteiger partial charge in [0.2, 0.25) is 5.91 Å². The van der Waals surface area contributed by atoms with E-state index in [9.17, 15) is 4.79 Å². The number of ether oxygens (including phenoxy) is 1. The lowest BCUT2D eigenvalue weighted by atomic mass is 10.1. The molecular formula is C23H23ClN2O2. The molecular weight excluding hydrogens is 372 g/mol. The fourth-order valence-electron chi connectivity index (χ4n) is 3.01. The molecule has 3 rings (SSSR count). The maximum atomic E-state index is 12.0. The number of carbonyl (C=O) groups is 1. The van der Waals surface area contributed by atoms with Crippen LogP contribution in [-0.4, -0.2) is 12.5 Å². The Bertz CT molecular complexity index is 941. The van der Waals surface area contributed by atoms with Crippen molar-refractivity contribution in [1.82, 2.24) is 0 Å². The minimum Gasteiger partial charge on any atom is -0.455 e. The van der Waals surface area contributed by atoms with Crippen LogP contribution in [0.25, 0.3) is 0 Å². The minimum absolute atomic E-state index is 0.0291. The number of nitrogens with one attached hydrogen (secondary N) is 1. The molecule has 1 amide bonds. The van der Waals surface area contributed by atoms with Gasteiger partial charge in [-0.05, 0) is 55.0 Å². The van der Waals surface area contributed by atoms with Crippen molar-refractivity contribution in [3.05, 3.63) is 83.4 Å². The number of hydrogen-bond acceptors (Lipinski definition) is 3. The van der Waals surface area contributed by atoms with Gasteiger partial charge >= 0.3 is 0 Å². The molecule has 144 valence electrons. The molecule has 4 nitrogen and oxygen atoms in total. The average molecular weight is 395 g/mol. The van der Waals surface area contributed by atoms with Crippen molar-refractivity contribution in [3.63, 3.8) is 0 Å². The summed E-state index contributed by atoms with van der Waals surface area (Å²) in [6.45, 7) is 4.76. The van der Waals surface area contributed by atoms with Crippen molar-refractivity contribution in [2.24, 2.45) is 0 Å². The monoisotopic (exact) mass is 394 g/mol. The summed E-state index contributed by atoms with van der Waals surface area (Å²) >= 11 is 5.94. The summed E-state index contributed by atoms with van der Waals surface area (Å²) < 4.78 is 6.00. The molecule has 0 aliphatic rings. The van der Waals surface area contributed by atoms with Crippen molar-refractivity contribution < 1.29 is 9.53 Å². The van der Waals surface area contributed by atoms with Crippen molar-refractivity contribution in [1.29, 1.82) is 0 Å². The van der Waals surface area contributed by atoms with Crippen molar-refractivity contribution >= 4 is 28.9 Å². The number of hydrogen-bond donors (Lipinski definition) is 1. The van der Waals surface area contributed by atoms with E-state index in [4.69, 9.17) is 16.3 Å². The average Bonchev–Trinajstić information content (AvgIpc) is 2.70. The second-order valence-electron chi connectivity index (χ2n) is 6.30. The van der Waals surface area contributed by atoms with Crippen LogP contribution in [0.2, 0.25) is 5.02 Å². The van der Waals surface area contributed by atoms with Crippen molar-refractivity contribution in [2.45, 2.75) is 20.4 Å². The topological polar surface area (TPSA) is 41.6 Å². The van der Waals surface area contributed by atoms with Crippen LogP contribution in [0.15, 0.2) is 72.8 Å². The fraction of sp³-hybridized carbons (Fsp3) is 0.174. The molecule has 0 aliphatic heterocycles. The first-order valence-electron chi connectivity index (χ1n) is 9.21. The SMILES string of the molecule is CCN(C(C)=O)c1ccccc1CNc1ccccc1Oc1ccc(Cl)cc1. The molecule has 0 aromatic heterocycles. The van der Waals surface area contributed by atoms with Crippen LogP contribution in [0, 0.1) is 0 Å². The molecule has 0 unspecified atom stereocenters. The summed E-state index contributed by atoms with van der Waals surface area (Å²) in [5, 5.41) is 4.10. The molecule has 0 atom stereocenters. The van der Waals surface area contributed by atoms with Gasteiger partial charge in [0, 0.05) is 30.7 Å². The molecule has 3 aromatic rings. The molecule has 1 N–H and O–H groups in total. The van der Waals surface area contributed by atoms with Gasteiger partial charge in [0.15, 0.2) is 5.75 Å². The molecule has 0 bridgehead atoms. The lowest BCUT2D eigenvalue weighted by Crippen LogP contribution is -2.29. The Morgan fingerprint density at radius 2 is 1.68 bits per heavy atom. The van der Waals surface area contributed by atoms with Crippen molar-refractivity contribution in [3.8, 4) is 11.5 Å². The smallest absolute Gasteiger partial charge is 0.223 e. The number of halogens is 1. The van der Waals surface area contributed by atoms with E-state index in [1.165, 1.54) is 0 Å². The molecule has 0 saturated heterocycles. The third-order valence-corrected chi connectivity index (χ3v) is 4.63. The van der Waals surface area contributed by atoms with E-state index < -0.39 is 0 Å². The summed E-state index contributed by atoms with van der Waals surface area (Å²) in [5.74, 6) is 1.47. The van der Waals surface area contributed by atoms with E-state index in [2.05, 4.69) is 5.32 Å². The van der Waals surface area contributed by atoms with E-state index in [-0.39, 0.29) is 5.91 Å². The number of carbonyl (C=O) groups excluding carboxylic acids is 1. The van der Waals surface area contributed by atoms with Gasteiger partial charge in [-0.15, -0.1) is 0 Å². The summed E-state index contributed by atoms with van der Waals surface area (Å²) in [6.07, 6.45) is 0. The van der Waals surface area contributed by atoms with Gasteiger partial charge in [-0.2, -0.15) is 0 Å². The number of rotatable bonds is 7. The molecule has 0 radical (unpaired) electrons. The Kier molecular flexibility index (Phi) is 6.56. The Hall–Kier alpha value is -2.98. The van der Waals surface area contributed by atoms with Crippen LogP contribution < -0.4 is 15.0 Å². The van der Waals surface area contributed by atoms with E-state index in [0.29, 0.717) is 23.9 Å². The lowest BCUT2D eigenvalue weighted by Gasteiger charge is -2.23. The van der Waals surface area contributed by atoms with Crippen molar-refractivity contribution in [2.75, 3.05) is 16.8 Å². The number of para-hydroxylation sites is 3. The molecule has 0 saturated carbocycles. The standard InChI is InChI=1S/C23H23ClN2O2/c1-3-26(17(2)27)22-10-6-4-8-18(22)16-25-21-9-5-7-11-23(21)28-20-14-12-19(24)13-15-20/h4-15,25H,3,16H2,1-2H3. The second kappa shape index (κ2) is 9.29. The highest BCUT2D eigenvalue weighted by Crippen LogP contribution is 2.31. The highest BCUT2D eigenvalue weighted by atomic mass is 35.5. The third kappa shape index (κ3) is 4.84. The first-order valence-corrected chi connectivity index (χ1v) is 9.58. The molecule has 28 heavy (non-hydrogen) atoms. The predicted molar refractivity (Wildman–Crippen MR) is 115 cm³/mol. The highest BCUT2D eigenvalue weighted by Gasteiger charge is 2.13. The van der Waals surface area contributed by atoms with Gasteiger partial charge in [-0.25, -0.2) is 0 Å². The van der Waals surface area contributed by atoms with Gasteiger partial charge in [0.05, 0.1) is 5.69 Å². The normalized spacial score (nSPS) is 10.4. The Balaban J connectivity index is 1.79. The van der Waals surface area contributed by atoms with Gasteiger partial charge in [-0.1, -0.05) is 41.9 Å². The maximum absolute atomic E-state index is 12.0. The van der Waals surface area contributed by atoms with E-state index >= 15 is 0 Å². The molecule has 0 spiro atoms. The van der Waals surface area contributed by atoms with Gasteiger partial charge in [0.1, 0.15) is 5.75 Å². The Morgan fingerprint density at radius 3 is 2.39 bits per heavy atom.